The fraction of sp³-hybridized carbons (Fsp3) is 0.412. The van der Waals surface area contributed by atoms with E-state index in [1.165, 1.54) is 5.56 Å². The largest absolute Gasteiger partial charge is 0.390 e. The van der Waals surface area contributed by atoms with Crippen molar-refractivity contribution in [1.29, 1.82) is 0 Å². The van der Waals surface area contributed by atoms with Crippen molar-refractivity contribution in [3.8, 4) is 0 Å². The molecule has 5 heteroatoms. The van der Waals surface area contributed by atoms with Crippen LogP contribution in [0, 0.1) is 6.92 Å². The van der Waals surface area contributed by atoms with Crippen LogP contribution in [0.1, 0.15) is 24.5 Å². The summed E-state index contributed by atoms with van der Waals surface area (Å²) < 4.78 is 0. The first-order valence-corrected chi connectivity index (χ1v) is 7.58. The van der Waals surface area contributed by atoms with E-state index >= 15 is 0 Å². The Morgan fingerprint density at radius 3 is 3.00 bits per heavy atom. The van der Waals surface area contributed by atoms with Crippen molar-refractivity contribution >= 4 is 11.7 Å². The summed E-state index contributed by atoms with van der Waals surface area (Å²) in [5.74, 6) is 0. The number of rotatable bonds is 6. The van der Waals surface area contributed by atoms with Gasteiger partial charge in [0.2, 0.25) is 0 Å². The minimum Gasteiger partial charge on any atom is -0.390 e. The first-order valence-electron chi connectivity index (χ1n) is 7.58. The van der Waals surface area contributed by atoms with Gasteiger partial charge in [-0.05, 0) is 19.4 Å². The van der Waals surface area contributed by atoms with Gasteiger partial charge < -0.3 is 15.1 Å². The molecule has 1 heterocycles. The summed E-state index contributed by atoms with van der Waals surface area (Å²) in [7, 11) is 0. The van der Waals surface area contributed by atoms with Crippen LogP contribution in [0.2, 0.25) is 0 Å². The molecule has 0 aliphatic carbocycles. The molecule has 1 aromatic rings. The molecule has 0 aromatic heterocycles. The lowest BCUT2D eigenvalue weighted by Gasteiger charge is -2.23. The Hall–Kier alpha value is -2.30. The van der Waals surface area contributed by atoms with Gasteiger partial charge in [0.15, 0.2) is 6.10 Å². The smallest absolute Gasteiger partial charge is 0.317 e. The predicted molar refractivity (Wildman–Crippen MR) is 88.0 cm³/mol. The Labute approximate surface area is 131 Å². The van der Waals surface area contributed by atoms with E-state index in [2.05, 4.69) is 30.0 Å². The van der Waals surface area contributed by atoms with E-state index in [1.807, 2.05) is 25.1 Å². The third kappa shape index (κ3) is 3.87. The van der Waals surface area contributed by atoms with E-state index < -0.39 is 0 Å². The Morgan fingerprint density at radius 1 is 1.55 bits per heavy atom. The summed E-state index contributed by atoms with van der Waals surface area (Å²) in [4.78, 5) is 19.2. The maximum absolute atomic E-state index is 12.0. The number of hydrogen-bond acceptors (Lipinski definition) is 3. The SMILES string of the molecule is C=CCN(C[C@@H]1CC(c2ccccc2C)=NO1)C(=O)NCC. The highest BCUT2D eigenvalue weighted by atomic mass is 16.6. The molecule has 0 spiro atoms. The number of hydrogen-bond donors (Lipinski definition) is 1. The number of aryl methyl sites for hydroxylation is 1. The predicted octanol–water partition coefficient (Wildman–Crippen LogP) is 2.71. The molecule has 5 nitrogen and oxygen atoms in total. The van der Waals surface area contributed by atoms with Crippen LogP contribution in [-0.4, -0.2) is 42.4 Å². The Bertz CT molecular complexity index is 569. The quantitative estimate of drug-likeness (QED) is 0.821. The second-order valence-electron chi connectivity index (χ2n) is 5.31. The average molecular weight is 301 g/mol. The number of benzene rings is 1. The molecule has 2 amide bonds. The topological polar surface area (TPSA) is 53.9 Å². The van der Waals surface area contributed by atoms with Crippen LogP contribution in [0.3, 0.4) is 0 Å². The molecule has 0 bridgehead atoms. The van der Waals surface area contributed by atoms with Crippen molar-refractivity contribution in [3.63, 3.8) is 0 Å². The molecule has 1 aliphatic rings. The van der Waals surface area contributed by atoms with Gasteiger partial charge in [-0.25, -0.2) is 4.79 Å². The molecule has 0 radical (unpaired) electrons. The van der Waals surface area contributed by atoms with Crippen LogP contribution in [0.5, 0.6) is 0 Å². The minimum absolute atomic E-state index is 0.102. The lowest BCUT2D eigenvalue weighted by atomic mass is 10.0. The van der Waals surface area contributed by atoms with E-state index in [-0.39, 0.29) is 12.1 Å². The molecular weight excluding hydrogens is 278 g/mol. The summed E-state index contributed by atoms with van der Waals surface area (Å²) in [5.41, 5.74) is 3.23. The molecule has 22 heavy (non-hydrogen) atoms. The first-order chi connectivity index (χ1) is 10.7. The Balaban J connectivity index is 1.97. The zero-order chi connectivity index (χ0) is 15.9. The summed E-state index contributed by atoms with van der Waals surface area (Å²) in [6, 6.07) is 8.01. The summed E-state index contributed by atoms with van der Waals surface area (Å²) >= 11 is 0. The fourth-order valence-corrected chi connectivity index (χ4v) is 2.49. The molecule has 118 valence electrons. The molecular formula is C17H23N3O2. The average Bonchev–Trinajstić information content (AvgIpc) is 2.96. The Morgan fingerprint density at radius 2 is 2.32 bits per heavy atom. The highest BCUT2D eigenvalue weighted by Gasteiger charge is 2.26. The molecule has 1 aromatic carbocycles. The van der Waals surface area contributed by atoms with E-state index in [1.54, 1.807) is 11.0 Å². The number of nitrogens with one attached hydrogen (secondary N) is 1. The van der Waals surface area contributed by atoms with Gasteiger partial charge >= 0.3 is 6.03 Å². The molecule has 1 N–H and O–H groups in total. The number of urea groups is 1. The summed E-state index contributed by atoms with van der Waals surface area (Å²) in [6.45, 7) is 9.25. The van der Waals surface area contributed by atoms with Crippen LogP contribution in [0.25, 0.3) is 0 Å². The highest BCUT2D eigenvalue weighted by molar-refractivity contribution is 6.02. The van der Waals surface area contributed by atoms with Gasteiger partial charge in [0, 0.05) is 25.1 Å². The molecule has 0 saturated carbocycles. The van der Waals surface area contributed by atoms with Crippen molar-refractivity contribution in [1.82, 2.24) is 10.2 Å². The second-order valence-corrected chi connectivity index (χ2v) is 5.31. The molecule has 0 unspecified atom stereocenters. The van der Waals surface area contributed by atoms with Crippen molar-refractivity contribution in [2.45, 2.75) is 26.4 Å². The van der Waals surface area contributed by atoms with E-state index in [0.29, 0.717) is 26.1 Å². The molecule has 1 atom stereocenters. The summed E-state index contributed by atoms with van der Waals surface area (Å²) in [5, 5.41) is 7.00. The number of nitrogens with zero attached hydrogens (tertiary/aromatic N) is 2. The standard InChI is InChI=1S/C17H23N3O2/c1-4-10-20(17(21)18-5-2)12-14-11-16(19-22-14)15-9-7-6-8-13(15)3/h4,6-9,14H,1,5,10-12H2,2-3H3,(H,18,21)/t14-/m0/s1. The van der Waals surface area contributed by atoms with Gasteiger partial charge in [-0.1, -0.05) is 35.5 Å². The minimum atomic E-state index is -0.114. The van der Waals surface area contributed by atoms with Gasteiger partial charge in [0.05, 0.1) is 12.3 Å². The maximum Gasteiger partial charge on any atom is 0.317 e. The number of carbonyl (C=O) groups excluding carboxylic acids is 1. The number of carbonyl (C=O) groups is 1. The monoisotopic (exact) mass is 301 g/mol. The lowest BCUT2D eigenvalue weighted by molar-refractivity contribution is 0.0630. The van der Waals surface area contributed by atoms with Crippen molar-refractivity contribution in [3.05, 3.63) is 48.0 Å². The van der Waals surface area contributed by atoms with E-state index in [4.69, 9.17) is 4.84 Å². The third-order valence-corrected chi connectivity index (χ3v) is 3.58. The molecule has 0 fully saturated rings. The zero-order valence-corrected chi connectivity index (χ0v) is 13.2. The number of amides is 2. The van der Waals surface area contributed by atoms with E-state index in [0.717, 1.165) is 11.3 Å². The van der Waals surface area contributed by atoms with Crippen LogP contribution < -0.4 is 5.32 Å². The number of oxime groups is 1. The van der Waals surface area contributed by atoms with Crippen molar-refractivity contribution in [2.75, 3.05) is 19.6 Å². The van der Waals surface area contributed by atoms with Crippen LogP contribution in [0.4, 0.5) is 4.79 Å². The van der Waals surface area contributed by atoms with E-state index in [9.17, 15) is 4.79 Å². The third-order valence-electron chi connectivity index (χ3n) is 3.58. The zero-order valence-electron chi connectivity index (χ0n) is 13.2. The fourth-order valence-electron chi connectivity index (χ4n) is 2.49. The molecule has 0 saturated heterocycles. The summed E-state index contributed by atoms with van der Waals surface area (Å²) in [6.07, 6.45) is 2.31. The normalized spacial score (nSPS) is 16.6. The second kappa shape index (κ2) is 7.64. The van der Waals surface area contributed by atoms with Gasteiger partial charge in [0.25, 0.3) is 0 Å². The van der Waals surface area contributed by atoms with Gasteiger partial charge in [-0.2, -0.15) is 0 Å². The van der Waals surface area contributed by atoms with Crippen molar-refractivity contribution < 1.29 is 9.63 Å². The first kappa shape index (κ1) is 16.1. The van der Waals surface area contributed by atoms with Gasteiger partial charge in [0.1, 0.15) is 0 Å². The Kier molecular flexibility index (Phi) is 5.58. The van der Waals surface area contributed by atoms with Gasteiger partial charge in [-0.15, -0.1) is 6.58 Å². The molecule has 1 aliphatic heterocycles. The van der Waals surface area contributed by atoms with Crippen LogP contribution >= 0.6 is 0 Å². The van der Waals surface area contributed by atoms with Crippen LogP contribution in [0.15, 0.2) is 42.1 Å². The maximum atomic E-state index is 12.0. The lowest BCUT2D eigenvalue weighted by Crippen LogP contribution is -2.43. The highest BCUT2D eigenvalue weighted by Crippen LogP contribution is 2.20. The molecule has 2 rings (SSSR count). The van der Waals surface area contributed by atoms with Crippen LogP contribution in [-0.2, 0) is 4.84 Å². The van der Waals surface area contributed by atoms with Gasteiger partial charge in [-0.3, -0.25) is 0 Å². The van der Waals surface area contributed by atoms with Crippen molar-refractivity contribution in [2.24, 2.45) is 5.16 Å².